The third kappa shape index (κ3) is 2.67. The van der Waals surface area contributed by atoms with Crippen LogP contribution in [0.1, 0.15) is 18.4 Å². The van der Waals surface area contributed by atoms with Gasteiger partial charge in [0.2, 0.25) is 0 Å². The van der Waals surface area contributed by atoms with Crippen molar-refractivity contribution in [3.8, 4) is 0 Å². The molecule has 1 heterocycles. The molecular formula is C16H18F2N2. The summed E-state index contributed by atoms with van der Waals surface area (Å²) in [5.41, 5.74) is 6.86. The number of rotatable bonds is 2. The monoisotopic (exact) mass is 276 g/mol. The molecule has 1 saturated heterocycles. The first-order valence-electron chi connectivity index (χ1n) is 6.98. The average molecular weight is 276 g/mol. The molecule has 0 radical (unpaired) electrons. The fraction of sp³-hybridized carbons (Fsp3) is 0.375. The van der Waals surface area contributed by atoms with Crippen LogP contribution in [0.3, 0.4) is 0 Å². The van der Waals surface area contributed by atoms with Crippen LogP contribution in [-0.2, 0) is 6.54 Å². The lowest BCUT2D eigenvalue weighted by Crippen LogP contribution is -2.39. The molecule has 106 valence electrons. The molecule has 0 spiro atoms. The van der Waals surface area contributed by atoms with Gasteiger partial charge in [0.1, 0.15) is 11.6 Å². The standard InChI is InChI=1S/C16H18F2N2/c17-12-8-15-11(2-1-3-14(15)16(18)9-12)10-20-6-4-13(19)5-7-20/h1-3,8-9,13H,4-7,10,19H2. The molecule has 2 N–H and O–H groups in total. The number of hydrogen-bond donors (Lipinski definition) is 1. The van der Waals surface area contributed by atoms with Gasteiger partial charge in [-0.2, -0.15) is 0 Å². The van der Waals surface area contributed by atoms with E-state index < -0.39 is 11.6 Å². The number of fused-ring (bicyclic) bond motifs is 1. The molecule has 0 aliphatic carbocycles. The van der Waals surface area contributed by atoms with Crippen LogP contribution in [0.2, 0.25) is 0 Å². The van der Waals surface area contributed by atoms with E-state index in [1.165, 1.54) is 6.07 Å². The lowest BCUT2D eigenvalue weighted by Gasteiger charge is -2.30. The Bertz CT molecular complexity index is 619. The Morgan fingerprint density at radius 2 is 1.85 bits per heavy atom. The molecule has 3 rings (SSSR count). The first-order chi connectivity index (χ1) is 9.63. The van der Waals surface area contributed by atoms with E-state index in [2.05, 4.69) is 4.90 Å². The Labute approximate surface area is 117 Å². The molecule has 4 heteroatoms. The number of halogens is 2. The minimum atomic E-state index is -0.525. The van der Waals surface area contributed by atoms with Gasteiger partial charge in [-0.05, 0) is 42.9 Å². The number of benzene rings is 2. The van der Waals surface area contributed by atoms with Crippen LogP contribution in [-0.4, -0.2) is 24.0 Å². The van der Waals surface area contributed by atoms with E-state index in [-0.39, 0.29) is 6.04 Å². The second-order valence-corrected chi connectivity index (χ2v) is 5.51. The highest BCUT2D eigenvalue weighted by molar-refractivity contribution is 5.86. The number of piperidine rings is 1. The van der Waals surface area contributed by atoms with Crippen LogP contribution < -0.4 is 5.73 Å². The minimum Gasteiger partial charge on any atom is -0.328 e. The second kappa shape index (κ2) is 5.46. The minimum absolute atomic E-state index is 0.286. The zero-order valence-corrected chi connectivity index (χ0v) is 11.3. The highest BCUT2D eigenvalue weighted by Gasteiger charge is 2.17. The van der Waals surface area contributed by atoms with E-state index in [4.69, 9.17) is 5.73 Å². The molecule has 0 amide bonds. The number of hydrogen-bond acceptors (Lipinski definition) is 2. The molecule has 1 fully saturated rings. The van der Waals surface area contributed by atoms with E-state index in [1.807, 2.05) is 12.1 Å². The smallest absolute Gasteiger partial charge is 0.133 e. The Hall–Kier alpha value is -1.52. The molecule has 0 bridgehead atoms. The lowest BCUT2D eigenvalue weighted by atomic mass is 10.0. The van der Waals surface area contributed by atoms with Gasteiger partial charge in [0, 0.05) is 24.0 Å². The van der Waals surface area contributed by atoms with Gasteiger partial charge in [-0.1, -0.05) is 18.2 Å². The third-order valence-corrected chi connectivity index (χ3v) is 4.03. The average Bonchev–Trinajstić information content (AvgIpc) is 2.42. The van der Waals surface area contributed by atoms with Crippen molar-refractivity contribution in [2.45, 2.75) is 25.4 Å². The summed E-state index contributed by atoms with van der Waals surface area (Å²) in [7, 11) is 0. The molecule has 0 saturated carbocycles. The Kier molecular flexibility index (Phi) is 3.68. The van der Waals surface area contributed by atoms with E-state index in [0.717, 1.165) is 37.6 Å². The van der Waals surface area contributed by atoms with E-state index in [9.17, 15) is 8.78 Å². The molecule has 2 aromatic carbocycles. The van der Waals surface area contributed by atoms with Crippen LogP contribution in [0, 0.1) is 11.6 Å². The zero-order chi connectivity index (χ0) is 14.1. The fourth-order valence-electron chi connectivity index (χ4n) is 2.86. The zero-order valence-electron chi connectivity index (χ0n) is 11.3. The Morgan fingerprint density at radius 1 is 1.10 bits per heavy atom. The first-order valence-corrected chi connectivity index (χ1v) is 6.98. The summed E-state index contributed by atoms with van der Waals surface area (Å²) in [6.45, 7) is 2.59. The quantitative estimate of drug-likeness (QED) is 0.913. The summed E-state index contributed by atoms with van der Waals surface area (Å²) < 4.78 is 27.2. The van der Waals surface area contributed by atoms with Gasteiger partial charge in [-0.25, -0.2) is 8.78 Å². The molecule has 2 nitrogen and oxygen atoms in total. The Balaban J connectivity index is 1.91. The van der Waals surface area contributed by atoms with Gasteiger partial charge in [0.15, 0.2) is 0 Å². The summed E-state index contributed by atoms with van der Waals surface area (Å²) >= 11 is 0. The van der Waals surface area contributed by atoms with Crippen LogP contribution in [0.4, 0.5) is 8.78 Å². The first kappa shape index (κ1) is 13.5. The number of likely N-dealkylation sites (tertiary alicyclic amines) is 1. The van der Waals surface area contributed by atoms with E-state index in [0.29, 0.717) is 17.3 Å². The number of nitrogens with zero attached hydrogens (tertiary/aromatic N) is 1. The van der Waals surface area contributed by atoms with E-state index in [1.54, 1.807) is 6.07 Å². The number of nitrogens with two attached hydrogens (primary N) is 1. The van der Waals surface area contributed by atoms with Crippen molar-refractivity contribution < 1.29 is 8.78 Å². The van der Waals surface area contributed by atoms with E-state index >= 15 is 0 Å². The molecule has 0 atom stereocenters. The van der Waals surface area contributed by atoms with Crippen molar-refractivity contribution >= 4 is 10.8 Å². The SMILES string of the molecule is NC1CCN(Cc2cccc3c(F)cc(F)cc23)CC1. The summed E-state index contributed by atoms with van der Waals surface area (Å²) in [6, 6.07) is 8.10. The summed E-state index contributed by atoms with van der Waals surface area (Å²) in [5.74, 6) is -1.02. The third-order valence-electron chi connectivity index (χ3n) is 4.03. The topological polar surface area (TPSA) is 29.3 Å². The molecular weight excluding hydrogens is 258 g/mol. The summed E-state index contributed by atoms with van der Waals surface area (Å²) in [4.78, 5) is 2.29. The van der Waals surface area contributed by atoms with Gasteiger partial charge in [-0.3, -0.25) is 4.90 Å². The maximum atomic E-state index is 13.8. The van der Waals surface area contributed by atoms with Crippen molar-refractivity contribution in [1.29, 1.82) is 0 Å². The highest BCUT2D eigenvalue weighted by atomic mass is 19.1. The van der Waals surface area contributed by atoms with Crippen LogP contribution in [0.15, 0.2) is 30.3 Å². The molecule has 2 aromatic rings. The molecule has 1 aliphatic heterocycles. The van der Waals surface area contributed by atoms with Gasteiger partial charge >= 0.3 is 0 Å². The second-order valence-electron chi connectivity index (χ2n) is 5.51. The summed E-state index contributed by atoms with van der Waals surface area (Å²) in [6.07, 6.45) is 1.96. The molecule has 0 unspecified atom stereocenters. The van der Waals surface area contributed by atoms with Gasteiger partial charge in [0.25, 0.3) is 0 Å². The van der Waals surface area contributed by atoms with Gasteiger partial charge < -0.3 is 5.73 Å². The maximum Gasteiger partial charge on any atom is 0.133 e. The largest absolute Gasteiger partial charge is 0.328 e. The van der Waals surface area contributed by atoms with Crippen LogP contribution in [0.25, 0.3) is 10.8 Å². The predicted octanol–water partition coefficient (Wildman–Crippen LogP) is 3.04. The molecule has 0 aromatic heterocycles. The lowest BCUT2D eigenvalue weighted by molar-refractivity contribution is 0.206. The molecule has 20 heavy (non-hydrogen) atoms. The van der Waals surface area contributed by atoms with Crippen LogP contribution >= 0.6 is 0 Å². The maximum absolute atomic E-state index is 13.8. The van der Waals surface area contributed by atoms with Gasteiger partial charge in [-0.15, -0.1) is 0 Å². The van der Waals surface area contributed by atoms with Crippen molar-refractivity contribution in [2.24, 2.45) is 5.73 Å². The normalized spacial score (nSPS) is 17.8. The fourth-order valence-corrected chi connectivity index (χ4v) is 2.86. The van der Waals surface area contributed by atoms with Crippen molar-refractivity contribution in [3.05, 3.63) is 47.5 Å². The van der Waals surface area contributed by atoms with Crippen molar-refractivity contribution in [2.75, 3.05) is 13.1 Å². The predicted molar refractivity (Wildman–Crippen MR) is 76.4 cm³/mol. The highest BCUT2D eigenvalue weighted by Crippen LogP contribution is 2.25. The van der Waals surface area contributed by atoms with Crippen molar-refractivity contribution in [3.63, 3.8) is 0 Å². The van der Waals surface area contributed by atoms with Gasteiger partial charge in [0.05, 0.1) is 0 Å². The Morgan fingerprint density at radius 3 is 2.60 bits per heavy atom. The molecule has 1 aliphatic rings. The summed E-state index contributed by atoms with van der Waals surface area (Å²) in [5, 5.41) is 1.15. The van der Waals surface area contributed by atoms with Crippen molar-refractivity contribution in [1.82, 2.24) is 4.90 Å². The van der Waals surface area contributed by atoms with Crippen LogP contribution in [0.5, 0.6) is 0 Å².